The van der Waals surface area contributed by atoms with Crippen molar-refractivity contribution < 1.29 is 19.1 Å². The fourth-order valence-corrected chi connectivity index (χ4v) is 7.15. The number of hydrogen-bond donors (Lipinski definition) is 2. The summed E-state index contributed by atoms with van der Waals surface area (Å²) in [5, 5.41) is 22.9. The molecule has 8 heteroatoms. The van der Waals surface area contributed by atoms with Gasteiger partial charge >= 0.3 is 0 Å². The van der Waals surface area contributed by atoms with E-state index in [1.807, 2.05) is 36.7 Å². The molecule has 1 aliphatic carbocycles. The molecule has 1 aliphatic rings. The van der Waals surface area contributed by atoms with Crippen molar-refractivity contribution in [2.45, 2.75) is 168 Å². The quantitative estimate of drug-likeness (QED) is 0.213. The maximum atomic E-state index is 11.5. The second-order valence-corrected chi connectivity index (χ2v) is 28.5. The molecule has 0 radical (unpaired) electrons. The molecule has 0 heterocycles. The average molecular weight is 695 g/mol. The summed E-state index contributed by atoms with van der Waals surface area (Å²) in [6.07, 6.45) is 7.64. The maximum Gasteiger partial charge on any atom is 0.250 e. The Labute approximate surface area is 294 Å². The molecule has 0 bridgehead atoms. The lowest BCUT2D eigenvalue weighted by Crippen LogP contribution is -2.44. The molecule has 1 saturated carbocycles. The van der Waals surface area contributed by atoms with Crippen molar-refractivity contribution in [3.05, 3.63) is 46.5 Å². The standard InChI is InChI=1S/C40H66N2O4Si2/c1-37(2,3)29-21-27(35(43)33(23-29)45-47(13,14)39(7,8)9)25-41-31-19-17-18-20-32(31)42-26-28-22-30(38(4,5)6)24-34(36(28)44)46-48(15,16)40(10,11)12/h21-26,31-32,43-44H,17-20H2,1-16H3/t31-,32-/m1/s1. The molecule has 3 rings (SSSR count). The minimum atomic E-state index is -2.19. The van der Waals surface area contributed by atoms with E-state index >= 15 is 0 Å². The van der Waals surface area contributed by atoms with E-state index in [1.165, 1.54) is 0 Å². The summed E-state index contributed by atoms with van der Waals surface area (Å²) in [6.45, 7) is 35.1. The van der Waals surface area contributed by atoms with Crippen molar-refractivity contribution in [3.8, 4) is 23.0 Å². The van der Waals surface area contributed by atoms with Gasteiger partial charge in [-0.3, -0.25) is 9.98 Å². The molecule has 2 aromatic rings. The first-order valence-corrected chi connectivity index (χ1v) is 23.6. The van der Waals surface area contributed by atoms with Crippen LogP contribution in [0.2, 0.25) is 36.3 Å². The monoisotopic (exact) mass is 694 g/mol. The van der Waals surface area contributed by atoms with E-state index in [0.717, 1.165) is 36.8 Å². The van der Waals surface area contributed by atoms with Crippen molar-refractivity contribution in [3.63, 3.8) is 0 Å². The van der Waals surface area contributed by atoms with Gasteiger partial charge in [-0.15, -0.1) is 0 Å². The summed E-state index contributed by atoms with van der Waals surface area (Å²) in [7, 11) is -4.38. The van der Waals surface area contributed by atoms with E-state index in [1.54, 1.807) is 0 Å². The molecule has 0 aromatic heterocycles. The highest BCUT2D eigenvalue weighted by Gasteiger charge is 2.41. The van der Waals surface area contributed by atoms with Crippen molar-refractivity contribution in [1.82, 2.24) is 0 Å². The van der Waals surface area contributed by atoms with Crippen LogP contribution in [0.4, 0.5) is 0 Å². The lowest BCUT2D eigenvalue weighted by atomic mass is 9.85. The van der Waals surface area contributed by atoms with Gasteiger partial charge in [0.05, 0.1) is 12.1 Å². The smallest absolute Gasteiger partial charge is 0.250 e. The Morgan fingerprint density at radius 2 is 0.896 bits per heavy atom. The highest BCUT2D eigenvalue weighted by Crippen LogP contribution is 2.44. The number of benzene rings is 2. The van der Waals surface area contributed by atoms with Gasteiger partial charge in [0.15, 0.2) is 11.5 Å². The SMILES string of the molecule is CC(C)(C)c1cc(C=N[C@@H]2CCCC[C@H]2N=Cc2cc(C(C)(C)C)cc(O[Si](C)(C)C(C)(C)C)c2O)c(O)c(O[Si](C)(C)C(C)(C)C)c1. The lowest BCUT2D eigenvalue weighted by molar-refractivity contribution is 0.389. The van der Waals surface area contributed by atoms with Crippen LogP contribution in [-0.4, -0.2) is 51.4 Å². The van der Waals surface area contributed by atoms with Crippen LogP contribution in [0.1, 0.15) is 131 Å². The predicted octanol–water partition coefficient (Wildman–Crippen LogP) is 11.3. The van der Waals surface area contributed by atoms with Gasteiger partial charge in [-0.05, 0) is 95.3 Å². The topological polar surface area (TPSA) is 83.6 Å². The number of nitrogens with zero attached hydrogens (tertiary/aromatic N) is 2. The molecule has 0 unspecified atom stereocenters. The highest BCUT2D eigenvalue weighted by molar-refractivity contribution is 6.75. The largest absolute Gasteiger partial charge is 0.541 e. The Bertz CT molecular complexity index is 1390. The Morgan fingerprint density at radius 1 is 0.583 bits per heavy atom. The predicted molar refractivity (Wildman–Crippen MR) is 210 cm³/mol. The normalized spacial score (nSPS) is 18.9. The Morgan fingerprint density at radius 3 is 1.17 bits per heavy atom. The zero-order valence-corrected chi connectivity index (χ0v) is 35.1. The highest BCUT2D eigenvalue weighted by atomic mass is 28.4. The number of phenolic OH excluding ortho intramolecular Hbond substituents is 2. The van der Waals surface area contributed by atoms with Gasteiger partial charge in [-0.25, -0.2) is 0 Å². The Kier molecular flexibility index (Phi) is 11.6. The van der Waals surface area contributed by atoms with Crippen LogP contribution in [0.25, 0.3) is 0 Å². The first-order chi connectivity index (χ1) is 21.6. The van der Waals surface area contributed by atoms with Crippen LogP contribution in [-0.2, 0) is 10.8 Å². The average Bonchev–Trinajstić information content (AvgIpc) is 2.91. The number of hydrogen-bond acceptors (Lipinski definition) is 6. The second-order valence-electron chi connectivity index (χ2n) is 19.0. The molecule has 6 nitrogen and oxygen atoms in total. The van der Waals surface area contributed by atoms with Crippen LogP contribution < -0.4 is 8.85 Å². The first-order valence-electron chi connectivity index (χ1n) is 17.8. The maximum absolute atomic E-state index is 11.5. The van der Waals surface area contributed by atoms with Crippen LogP contribution in [0, 0.1) is 0 Å². The third kappa shape index (κ3) is 9.55. The van der Waals surface area contributed by atoms with Gasteiger partial charge in [0.25, 0.3) is 16.6 Å². The summed E-state index contributed by atoms with van der Waals surface area (Å²) in [6, 6.07) is 8.02. The van der Waals surface area contributed by atoms with Crippen LogP contribution in [0.15, 0.2) is 34.3 Å². The van der Waals surface area contributed by atoms with E-state index in [4.69, 9.17) is 18.8 Å². The third-order valence-corrected chi connectivity index (χ3v) is 19.5. The molecule has 1 fully saturated rings. The summed E-state index contributed by atoms with van der Waals surface area (Å²) in [5.41, 5.74) is 3.28. The number of phenols is 2. The molecule has 48 heavy (non-hydrogen) atoms. The van der Waals surface area contributed by atoms with Crippen LogP contribution in [0.3, 0.4) is 0 Å². The zero-order chi connectivity index (χ0) is 36.7. The van der Waals surface area contributed by atoms with Crippen LogP contribution >= 0.6 is 0 Å². The fraction of sp³-hybridized carbons (Fsp3) is 0.650. The van der Waals surface area contributed by atoms with Gasteiger partial charge in [0.1, 0.15) is 11.5 Å². The molecule has 2 N–H and O–H groups in total. The van der Waals surface area contributed by atoms with Crippen molar-refractivity contribution in [2.75, 3.05) is 0 Å². The van der Waals surface area contributed by atoms with Gasteiger partial charge < -0.3 is 19.1 Å². The van der Waals surface area contributed by atoms with Gasteiger partial charge in [-0.2, -0.15) is 0 Å². The fourth-order valence-electron chi connectivity index (χ4n) is 5.12. The summed E-state index contributed by atoms with van der Waals surface area (Å²) >= 11 is 0. The molecule has 0 saturated heterocycles. The Hall–Kier alpha value is -2.59. The molecule has 0 amide bonds. The molecular weight excluding hydrogens is 629 g/mol. The summed E-state index contributed by atoms with van der Waals surface area (Å²) in [4.78, 5) is 10.1. The van der Waals surface area contributed by atoms with Crippen molar-refractivity contribution >= 4 is 29.1 Å². The van der Waals surface area contributed by atoms with E-state index in [-0.39, 0.29) is 44.5 Å². The van der Waals surface area contributed by atoms with Crippen LogP contribution in [0.5, 0.6) is 23.0 Å². The van der Waals surface area contributed by atoms with E-state index in [2.05, 4.69) is 109 Å². The van der Waals surface area contributed by atoms with E-state index in [9.17, 15) is 10.2 Å². The molecular formula is C40H66N2O4Si2. The minimum absolute atomic E-state index is 0.00277. The zero-order valence-electron chi connectivity index (χ0n) is 33.1. The minimum Gasteiger partial charge on any atom is -0.541 e. The van der Waals surface area contributed by atoms with Gasteiger partial charge in [-0.1, -0.05) is 95.9 Å². The number of aromatic hydroxyl groups is 2. The molecule has 268 valence electrons. The number of aliphatic imine (C=N–C) groups is 2. The molecule has 2 atom stereocenters. The van der Waals surface area contributed by atoms with Crippen molar-refractivity contribution in [1.29, 1.82) is 0 Å². The first kappa shape index (κ1) is 39.8. The molecule has 0 aliphatic heterocycles. The molecule has 0 spiro atoms. The van der Waals surface area contributed by atoms with Crippen molar-refractivity contribution in [2.24, 2.45) is 9.98 Å². The van der Waals surface area contributed by atoms with E-state index in [0.29, 0.717) is 22.6 Å². The summed E-state index contributed by atoms with van der Waals surface area (Å²) < 4.78 is 13.3. The van der Waals surface area contributed by atoms with Gasteiger partial charge in [0, 0.05) is 23.6 Å². The summed E-state index contributed by atoms with van der Waals surface area (Å²) in [5.74, 6) is 1.37. The number of rotatable bonds is 8. The third-order valence-electron chi connectivity index (χ3n) is 10.8. The lowest BCUT2D eigenvalue weighted by Gasteiger charge is -2.37. The van der Waals surface area contributed by atoms with Gasteiger partial charge in [0.2, 0.25) is 0 Å². The molecule has 2 aromatic carbocycles. The second kappa shape index (κ2) is 14.0. The Balaban J connectivity index is 2.01. The van der Waals surface area contributed by atoms with E-state index < -0.39 is 16.6 Å².